The van der Waals surface area contributed by atoms with Crippen LogP contribution in [-0.4, -0.2) is 29.2 Å². The summed E-state index contributed by atoms with van der Waals surface area (Å²) in [6.45, 7) is 4.68. The van der Waals surface area contributed by atoms with E-state index in [1.165, 1.54) is 5.56 Å². The Morgan fingerprint density at radius 1 is 1.29 bits per heavy atom. The van der Waals surface area contributed by atoms with Crippen molar-refractivity contribution >= 4 is 0 Å². The van der Waals surface area contributed by atoms with Gasteiger partial charge in [-0.3, -0.25) is 4.90 Å². The minimum absolute atomic E-state index is 0.00981. The number of hydrogen-bond acceptors (Lipinski definition) is 4. The summed E-state index contributed by atoms with van der Waals surface area (Å²) >= 11 is 0. The summed E-state index contributed by atoms with van der Waals surface area (Å²) in [5, 5.41) is 18.9. The molecule has 2 aromatic carbocycles. The number of nitriles is 1. The molecule has 0 aromatic heterocycles. The van der Waals surface area contributed by atoms with Gasteiger partial charge in [-0.15, -0.1) is 0 Å². The highest BCUT2D eigenvalue weighted by Crippen LogP contribution is 2.33. The Bertz CT molecular complexity index is 737. The fourth-order valence-electron chi connectivity index (χ4n) is 3.23. The van der Waals surface area contributed by atoms with Crippen LogP contribution in [0.4, 0.5) is 0 Å². The Kier molecular flexibility index (Phi) is 5.02. The SMILES string of the molecule is CCCN(Cc1ccccc1)C1COc2cc(O)c(C#N)cc2C1. The third-order valence-corrected chi connectivity index (χ3v) is 4.44. The zero-order valence-electron chi connectivity index (χ0n) is 13.9. The third kappa shape index (κ3) is 3.52. The van der Waals surface area contributed by atoms with E-state index in [0.29, 0.717) is 17.9 Å². The Hall–Kier alpha value is -2.51. The van der Waals surface area contributed by atoms with Crippen molar-refractivity contribution in [3.05, 3.63) is 59.2 Å². The lowest BCUT2D eigenvalue weighted by atomic mass is 9.98. The molecule has 0 fully saturated rings. The van der Waals surface area contributed by atoms with E-state index in [-0.39, 0.29) is 11.8 Å². The molecule has 0 aliphatic carbocycles. The summed E-state index contributed by atoms with van der Waals surface area (Å²) in [5.74, 6) is 0.684. The van der Waals surface area contributed by atoms with Crippen LogP contribution in [0.2, 0.25) is 0 Å². The fourth-order valence-corrected chi connectivity index (χ4v) is 3.23. The van der Waals surface area contributed by atoms with E-state index in [2.05, 4.69) is 36.1 Å². The van der Waals surface area contributed by atoms with Gasteiger partial charge in [0.25, 0.3) is 0 Å². The van der Waals surface area contributed by atoms with E-state index in [9.17, 15) is 5.11 Å². The van der Waals surface area contributed by atoms with Crippen molar-refractivity contribution in [2.24, 2.45) is 0 Å². The zero-order chi connectivity index (χ0) is 16.9. The van der Waals surface area contributed by atoms with Gasteiger partial charge in [0.05, 0.1) is 5.56 Å². The first-order chi connectivity index (χ1) is 11.7. The highest BCUT2D eigenvalue weighted by molar-refractivity contribution is 5.52. The first kappa shape index (κ1) is 16.4. The molecule has 0 bridgehead atoms. The van der Waals surface area contributed by atoms with Crippen molar-refractivity contribution in [1.29, 1.82) is 5.26 Å². The summed E-state index contributed by atoms with van der Waals surface area (Å²) in [6, 6.07) is 16.1. The van der Waals surface area contributed by atoms with Crippen LogP contribution < -0.4 is 4.74 Å². The van der Waals surface area contributed by atoms with Crippen molar-refractivity contribution in [1.82, 2.24) is 4.90 Å². The first-order valence-electron chi connectivity index (χ1n) is 8.38. The smallest absolute Gasteiger partial charge is 0.137 e. The number of aromatic hydroxyl groups is 1. The molecule has 2 aromatic rings. The van der Waals surface area contributed by atoms with Crippen molar-refractivity contribution in [3.8, 4) is 17.6 Å². The van der Waals surface area contributed by atoms with E-state index in [1.807, 2.05) is 12.1 Å². The van der Waals surface area contributed by atoms with Gasteiger partial charge in [0.2, 0.25) is 0 Å². The van der Waals surface area contributed by atoms with Gasteiger partial charge in [-0.2, -0.15) is 5.26 Å². The molecule has 1 unspecified atom stereocenters. The Balaban J connectivity index is 1.79. The van der Waals surface area contributed by atoms with Crippen LogP contribution in [0.15, 0.2) is 42.5 Å². The summed E-state index contributed by atoms with van der Waals surface area (Å²) in [7, 11) is 0. The predicted molar refractivity (Wildman–Crippen MR) is 93.0 cm³/mol. The molecule has 24 heavy (non-hydrogen) atoms. The highest BCUT2D eigenvalue weighted by atomic mass is 16.5. The second-order valence-electron chi connectivity index (χ2n) is 6.21. The number of fused-ring (bicyclic) bond motifs is 1. The molecule has 1 aliphatic heterocycles. The number of phenols is 1. The van der Waals surface area contributed by atoms with Crippen LogP contribution in [0.25, 0.3) is 0 Å². The van der Waals surface area contributed by atoms with Gasteiger partial charge in [-0.25, -0.2) is 0 Å². The average molecular weight is 322 g/mol. The molecular formula is C20H22N2O2. The van der Waals surface area contributed by atoms with Crippen LogP contribution in [0, 0.1) is 11.3 Å². The number of benzene rings is 2. The zero-order valence-corrected chi connectivity index (χ0v) is 13.9. The second kappa shape index (κ2) is 7.37. The maximum Gasteiger partial charge on any atom is 0.137 e. The summed E-state index contributed by atoms with van der Waals surface area (Å²) in [6.07, 6.45) is 1.91. The summed E-state index contributed by atoms with van der Waals surface area (Å²) in [5.41, 5.74) is 2.60. The Morgan fingerprint density at radius 2 is 2.08 bits per heavy atom. The van der Waals surface area contributed by atoms with Gasteiger partial charge in [0.1, 0.15) is 24.2 Å². The van der Waals surface area contributed by atoms with Crippen molar-refractivity contribution in [2.45, 2.75) is 32.4 Å². The van der Waals surface area contributed by atoms with Crippen molar-refractivity contribution in [3.63, 3.8) is 0 Å². The van der Waals surface area contributed by atoms with Gasteiger partial charge in [0.15, 0.2) is 0 Å². The maximum absolute atomic E-state index is 9.81. The predicted octanol–water partition coefficient (Wildman–Crippen LogP) is 3.48. The largest absolute Gasteiger partial charge is 0.506 e. The van der Waals surface area contributed by atoms with Gasteiger partial charge in [-0.1, -0.05) is 37.3 Å². The van der Waals surface area contributed by atoms with Crippen LogP contribution in [-0.2, 0) is 13.0 Å². The number of hydrogen-bond donors (Lipinski definition) is 1. The number of nitrogens with zero attached hydrogens (tertiary/aromatic N) is 2. The topological polar surface area (TPSA) is 56.5 Å². The van der Waals surface area contributed by atoms with Crippen molar-refractivity contribution < 1.29 is 9.84 Å². The number of rotatable bonds is 5. The molecule has 1 aliphatic rings. The minimum Gasteiger partial charge on any atom is -0.506 e. The normalized spacial score (nSPS) is 16.3. The highest BCUT2D eigenvalue weighted by Gasteiger charge is 2.26. The molecule has 0 radical (unpaired) electrons. The molecule has 0 saturated carbocycles. The van der Waals surface area contributed by atoms with E-state index >= 15 is 0 Å². The monoisotopic (exact) mass is 322 g/mol. The summed E-state index contributed by atoms with van der Waals surface area (Å²) in [4.78, 5) is 2.44. The number of ether oxygens (including phenoxy) is 1. The molecular weight excluding hydrogens is 300 g/mol. The lowest BCUT2D eigenvalue weighted by Gasteiger charge is -2.35. The van der Waals surface area contributed by atoms with Crippen LogP contribution in [0.1, 0.15) is 30.0 Å². The average Bonchev–Trinajstić information content (AvgIpc) is 2.61. The molecule has 0 spiro atoms. The molecule has 4 nitrogen and oxygen atoms in total. The van der Waals surface area contributed by atoms with Crippen LogP contribution in [0.3, 0.4) is 0 Å². The van der Waals surface area contributed by atoms with E-state index in [4.69, 9.17) is 10.00 Å². The Morgan fingerprint density at radius 3 is 2.79 bits per heavy atom. The minimum atomic E-state index is -0.00981. The second-order valence-corrected chi connectivity index (χ2v) is 6.21. The Labute approximate surface area is 142 Å². The molecule has 3 rings (SSSR count). The summed E-state index contributed by atoms with van der Waals surface area (Å²) < 4.78 is 5.87. The van der Waals surface area contributed by atoms with Gasteiger partial charge in [0, 0.05) is 18.7 Å². The quantitative estimate of drug-likeness (QED) is 0.915. The standard InChI is InChI=1S/C20H22N2O2/c1-2-8-22(13-15-6-4-3-5-7-15)18-10-16-9-17(12-21)19(23)11-20(16)24-14-18/h3-7,9,11,18,23H,2,8,10,13-14H2,1H3. The third-order valence-electron chi connectivity index (χ3n) is 4.44. The van der Waals surface area contributed by atoms with Crippen LogP contribution in [0.5, 0.6) is 11.5 Å². The molecule has 1 atom stereocenters. The van der Waals surface area contributed by atoms with Crippen LogP contribution >= 0.6 is 0 Å². The molecule has 1 N–H and O–H groups in total. The molecule has 0 saturated heterocycles. The van der Waals surface area contributed by atoms with E-state index in [1.54, 1.807) is 12.1 Å². The molecule has 0 amide bonds. The van der Waals surface area contributed by atoms with E-state index < -0.39 is 0 Å². The number of phenolic OH excluding ortho intramolecular Hbond substituents is 1. The molecule has 1 heterocycles. The van der Waals surface area contributed by atoms with Gasteiger partial charge < -0.3 is 9.84 Å². The lowest BCUT2D eigenvalue weighted by Crippen LogP contribution is -2.43. The molecule has 124 valence electrons. The lowest BCUT2D eigenvalue weighted by molar-refractivity contribution is 0.112. The molecule has 4 heteroatoms. The fraction of sp³-hybridized carbons (Fsp3) is 0.350. The van der Waals surface area contributed by atoms with Gasteiger partial charge in [-0.05, 0) is 36.6 Å². The first-order valence-corrected chi connectivity index (χ1v) is 8.38. The maximum atomic E-state index is 9.81. The van der Waals surface area contributed by atoms with Crippen molar-refractivity contribution in [2.75, 3.05) is 13.2 Å². The van der Waals surface area contributed by atoms with E-state index in [0.717, 1.165) is 31.5 Å². The van der Waals surface area contributed by atoms with Gasteiger partial charge >= 0.3 is 0 Å².